The number of carbonyl (C=O) groups excluding carboxylic acids is 4. The van der Waals surface area contributed by atoms with Crippen molar-refractivity contribution >= 4 is 55.6 Å². The summed E-state index contributed by atoms with van der Waals surface area (Å²) in [7, 11) is 0. The fourth-order valence-corrected chi connectivity index (χ4v) is 5.39. The average molecular weight is 673 g/mol. The fourth-order valence-electron chi connectivity index (χ4n) is 5.16. The summed E-state index contributed by atoms with van der Waals surface area (Å²) >= 11 is 6.48. The Labute approximate surface area is 243 Å². The van der Waals surface area contributed by atoms with E-state index in [1.165, 1.54) is 13.0 Å². The molecule has 1 aromatic rings. The lowest BCUT2D eigenvalue weighted by Gasteiger charge is -2.35. The highest BCUT2D eigenvalue weighted by Crippen LogP contribution is 2.61. The van der Waals surface area contributed by atoms with Gasteiger partial charge in [0, 0.05) is 0 Å². The first-order valence-electron chi connectivity index (χ1n) is 12.5. The molecule has 5 atom stereocenters. The number of nitrogens with zero attached hydrogens (tertiary/aromatic N) is 1. The van der Waals surface area contributed by atoms with Crippen molar-refractivity contribution in [3.63, 3.8) is 0 Å². The van der Waals surface area contributed by atoms with Crippen molar-refractivity contribution < 1.29 is 43.2 Å². The van der Waals surface area contributed by atoms with Gasteiger partial charge in [-0.15, -0.1) is 0 Å². The van der Waals surface area contributed by atoms with Crippen molar-refractivity contribution in [2.24, 2.45) is 11.8 Å². The van der Waals surface area contributed by atoms with Crippen LogP contribution in [0.5, 0.6) is 5.75 Å². The second kappa shape index (κ2) is 10.3. The second-order valence-electron chi connectivity index (χ2n) is 10.9. The summed E-state index contributed by atoms with van der Waals surface area (Å²) in [5.74, 6) is -4.01. The lowest BCUT2D eigenvalue weighted by molar-refractivity contribution is -0.172. The molecule has 1 N–H and O–H groups in total. The number of aliphatic hydroxyl groups is 1. The van der Waals surface area contributed by atoms with Crippen LogP contribution in [0.25, 0.3) is 0 Å². The largest absolute Gasteiger partial charge is 0.463 e. The number of amides is 2. The van der Waals surface area contributed by atoms with E-state index >= 15 is 0 Å². The van der Waals surface area contributed by atoms with Gasteiger partial charge >= 0.3 is 11.9 Å². The Morgan fingerprint density at radius 1 is 1.03 bits per heavy atom. The standard InChI is InChI=1S/C27H31Br2NO9/c1-15(31)27-17(38-16-9-7-6-8-10-16)13-26(39-27,14-37-23(35)25(4,5)29)18-19(27)21(33)30(20(18)32)11-12-36-22(34)24(2,3)28/h6-10,13,15,18-19,31H,11-12,14H2,1-5H3/t15?,18-,19+,26-,27-/m1/s1. The van der Waals surface area contributed by atoms with Gasteiger partial charge in [-0.1, -0.05) is 50.1 Å². The second-order valence-corrected chi connectivity index (χ2v) is 14.9. The number of ether oxygens (including phenoxy) is 4. The minimum atomic E-state index is -1.72. The number of halogens is 2. The van der Waals surface area contributed by atoms with Crippen LogP contribution in [0.4, 0.5) is 0 Å². The van der Waals surface area contributed by atoms with Crippen LogP contribution in [-0.4, -0.2) is 79.5 Å². The molecule has 2 saturated heterocycles. The number of fused-ring (bicyclic) bond motifs is 5. The first-order chi connectivity index (χ1) is 18.0. The van der Waals surface area contributed by atoms with E-state index in [1.54, 1.807) is 52.0 Å². The van der Waals surface area contributed by atoms with Gasteiger partial charge in [0.2, 0.25) is 11.8 Å². The molecule has 2 amide bonds. The van der Waals surface area contributed by atoms with Gasteiger partial charge in [0.05, 0.1) is 24.5 Å². The molecule has 1 unspecified atom stereocenters. The van der Waals surface area contributed by atoms with Crippen molar-refractivity contribution in [1.29, 1.82) is 0 Å². The van der Waals surface area contributed by atoms with Crippen molar-refractivity contribution in [2.75, 3.05) is 19.8 Å². The summed E-state index contributed by atoms with van der Waals surface area (Å²) in [5.41, 5.74) is -3.29. The molecule has 0 aromatic heterocycles. The van der Waals surface area contributed by atoms with Gasteiger partial charge in [-0.2, -0.15) is 0 Å². The van der Waals surface area contributed by atoms with E-state index in [0.29, 0.717) is 5.75 Å². The van der Waals surface area contributed by atoms with Crippen LogP contribution in [0.3, 0.4) is 0 Å². The summed E-state index contributed by atoms with van der Waals surface area (Å²) in [5, 5.41) is 11.1. The monoisotopic (exact) mass is 671 g/mol. The molecule has 212 valence electrons. The van der Waals surface area contributed by atoms with Gasteiger partial charge in [-0.05, 0) is 52.8 Å². The minimum Gasteiger partial charge on any atom is -0.463 e. The summed E-state index contributed by atoms with van der Waals surface area (Å²) in [6.45, 7) is 7.12. The van der Waals surface area contributed by atoms with E-state index in [1.807, 2.05) is 6.07 Å². The molecule has 2 fully saturated rings. The molecule has 0 spiro atoms. The molecule has 39 heavy (non-hydrogen) atoms. The predicted octanol–water partition coefficient (Wildman–Crippen LogP) is 2.89. The van der Waals surface area contributed by atoms with Crippen LogP contribution in [0.2, 0.25) is 0 Å². The highest BCUT2D eigenvalue weighted by atomic mass is 79.9. The number of likely N-dealkylation sites (tertiary alicyclic amines) is 1. The normalized spacial score (nSPS) is 28.7. The number of rotatable bonds is 10. The van der Waals surface area contributed by atoms with E-state index in [4.69, 9.17) is 18.9 Å². The Kier molecular flexibility index (Phi) is 7.83. The molecule has 3 heterocycles. The smallest absolute Gasteiger partial charge is 0.322 e. The number of hydrogen-bond acceptors (Lipinski definition) is 9. The molecular weight excluding hydrogens is 642 g/mol. The zero-order chi connectivity index (χ0) is 29.0. The fraction of sp³-hybridized carbons (Fsp3) is 0.556. The maximum atomic E-state index is 13.8. The first-order valence-corrected chi connectivity index (χ1v) is 14.0. The lowest BCUT2D eigenvalue weighted by Crippen LogP contribution is -2.52. The quantitative estimate of drug-likeness (QED) is 0.227. The summed E-state index contributed by atoms with van der Waals surface area (Å²) in [6.07, 6.45) is 0.251. The average Bonchev–Trinajstić information content (AvgIpc) is 3.42. The molecule has 0 radical (unpaired) electrons. The molecule has 0 aliphatic carbocycles. The molecule has 10 nitrogen and oxygen atoms in total. The topological polar surface area (TPSA) is 129 Å². The highest BCUT2D eigenvalue weighted by molar-refractivity contribution is 9.10. The number of aliphatic hydroxyl groups excluding tert-OH is 1. The van der Waals surface area contributed by atoms with Gasteiger partial charge in [0.1, 0.15) is 39.0 Å². The van der Waals surface area contributed by atoms with Crippen LogP contribution in [0.1, 0.15) is 34.6 Å². The predicted molar refractivity (Wildman–Crippen MR) is 145 cm³/mol. The van der Waals surface area contributed by atoms with Crippen molar-refractivity contribution in [3.8, 4) is 5.75 Å². The summed E-state index contributed by atoms with van der Waals surface area (Å²) < 4.78 is 21.4. The number of carbonyl (C=O) groups is 4. The summed E-state index contributed by atoms with van der Waals surface area (Å²) in [6, 6.07) is 8.74. The molecule has 4 rings (SSSR count). The molecule has 1 aromatic carbocycles. The third kappa shape index (κ3) is 5.16. The Morgan fingerprint density at radius 3 is 2.15 bits per heavy atom. The van der Waals surface area contributed by atoms with Gasteiger partial charge in [0.25, 0.3) is 0 Å². The zero-order valence-corrected chi connectivity index (χ0v) is 25.4. The Bertz CT molecular complexity index is 1200. The number of benzene rings is 1. The summed E-state index contributed by atoms with van der Waals surface area (Å²) in [4.78, 5) is 53.3. The molecular formula is C27H31Br2NO9. The Morgan fingerprint density at radius 2 is 1.59 bits per heavy atom. The van der Waals surface area contributed by atoms with Crippen molar-refractivity contribution in [2.45, 2.75) is 60.6 Å². The van der Waals surface area contributed by atoms with Gasteiger partial charge in [-0.3, -0.25) is 24.1 Å². The Hall–Kier alpha value is -2.28. The maximum Gasteiger partial charge on any atom is 0.322 e. The van der Waals surface area contributed by atoms with E-state index < -0.39 is 68.2 Å². The molecule has 2 bridgehead atoms. The van der Waals surface area contributed by atoms with Crippen LogP contribution in [0, 0.1) is 11.8 Å². The first kappa shape index (κ1) is 29.7. The van der Waals surface area contributed by atoms with Crippen LogP contribution in [0.15, 0.2) is 42.2 Å². The van der Waals surface area contributed by atoms with Crippen molar-refractivity contribution in [1.82, 2.24) is 4.90 Å². The van der Waals surface area contributed by atoms with Crippen LogP contribution < -0.4 is 4.74 Å². The van der Waals surface area contributed by atoms with E-state index in [9.17, 15) is 24.3 Å². The molecule has 3 aliphatic rings. The van der Waals surface area contributed by atoms with Gasteiger partial charge < -0.3 is 24.1 Å². The third-order valence-electron chi connectivity index (χ3n) is 7.04. The number of para-hydroxylation sites is 1. The van der Waals surface area contributed by atoms with Gasteiger partial charge in [-0.25, -0.2) is 0 Å². The van der Waals surface area contributed by atoms with E-state index in [0.717, 1.165) is 4.90 Å². The SMILES string of the molecule is CC(O)[C@@]12O[C@@](COC(=O)C(C)(C)Br)(C=C1Oc1ccccc1)[C@H]1C(=O)N(CCOC(=O)C(C)(C)Br)C(=O)[C@H]12. The molecule has 12 heteroatoms. The molecule has 3 aliphatic heterocycles. The minimum absolute atomic E-state index is 0.148. The number of alkyl halides is 2. The Balaban J connectivity index is 1.69. The lowest BCUT2D eigenvalue weighted by atomic mass is 9.69. The maximum absolute atomic E-state index is 13.8. The number of imide groups is 1. The zero-order valence-electron chi connectivity index (χ0n) is 22.2. The van der Waals surface area contributed by atoms with Crippen LogP contribution in [-0.2, 0) is 33.4 Å². The van der Waals surface area contributed by atoms with E-state index in [-0.39, 0.29) is 18.9 Å². The van der Waals surface area contributed by atoms with E-state index in [2.05, 4.69) is 31.9 Å². The van der Waals surface area contributed by atoms with Crippen LogP contribution >= 0.6 is 31.9 Å². The molecule has 0 saturated carbocycles. The van der Waals surface area contributed by atoms with Crippen molar-refractivity contribution in [3.05, 3.63) is 42.2 Å². The number of esters is 2. The number of hydrogen-bond donors (Lipinski definition) is 1. The van der Waals surface area contributed by atoms with Gasteiger partial charge in [0.15, 0.2) is 5.60 Å². The highest BCUT2D eigenvalue weighted by Gasteiger charge is 2.78. The third-order valence-corrected chi connectivity index (χ3v) is 7.69.